The molecule has 1 unspecified atom stereocenters. The molecule has 0 bridgehead atoms. The Hall–Kier alpha value is -1.08. The minimum Gasteiger partial charge on any atom is -0.393 e. The van der Waals surface area contributed by atoms with Crippen LogP contribution in [0.5, 0.6) is 0 Å². The van der Waals surface area contributed by atoms with Crippen LogP contribution in [0.1, 0.15) is 71.6 Å². The zero-order valence-corrected chi connectivity index (χ0v) is 20.9. The molecule has 4 nitrogen and oxygen atoms in total. The van der Waals surface area contributed by atoms with Crippen LogP contribution in [0.25, 0.3) is 0 Å². The Bertz CT molecular complexity index is 816. The lowest BCUT2D eigenvalue weighted by Crippen LogP contribution is -2.50. The molecule has 1 saturated heterocycles. The van der Waals surface area contributed by atoms with Gasteiger partial charge in [-0.05, 0) is 85.7 Å². The second kappa shape index (κ2) is 10.1. The maximum atomic E-state index is 13.1. The zero-order chi connectivity index (χ0) is 24.7. The van der Waals surface area contributed by atoms with E-state index in [9.17, 15) is 24.1 Å². The van der Waals surface area contributed by atoms with Crippen molar-refractivity contribution < 1.29 is 24.1 Å². The maximum absolute atomic E-state index is 13.1. The van der Waals surface area contributed by atoms with E-state index >= 15 is 0 Å². The molecule has 1 aliphatic heterocycles. The third-order valence-corrected chi connectivity index (χ3v) is 9.66. The molecule has 4 aliphatic rings. The van der Waals surface area contributed by atoms with E-state index in [0.29, 0.717) is 43.7 Å². The lowest BCUT2D eigenvalue weighted by atomic mass is 9.61. The summed E-state index contributed by atoms with van der Waals surface area (Å²) in [6, 6.07) is 0. The molecule has 6 atom stereocenters. The molecule has 1 heterocycles. The van der Waals surface area contributed by atoms with E-state index in [-0.39, 0.29) is 18.3 Å². The number of hydrogen-bond acceptors (Lipinski definition) is 4. The molecule has 0 aromatic heterocycles. The molecule has 0 amide bonds. The Morgan fingerprint density at radius 1 is 1.15 bits per heavy atom. The lowest BCUT2D eigenvalue weighted by molar-refractivity contribution is -0.128. The van der Waals surface area contributed by atoms with Crippen molar-refractivity contribution in [3.8, 4) is 0 Å². The standard InChI is InChI=1S/C28H43F2NO3/c1-18(17-31-13-11-28(34,12-14-31)26(29)30)23-8-9-24-20(5-4-10-27(23,24)3)6-7-21-15-22(32)16-25(33)19(21)2/h6-7,18,22-26,32-34H,2,4-5,8-17H2,1,3H3/b20-6+,21-7-/t18?,22-,23-,24+,25+,27-/m1/s1. The molecule has 3 aliphatic carbocycles. The highest BCUT2D eigenvalue weighted by atomic mass is 19.3. The highest BCUT2D eigenvalue weighted by molar-refractivity contribution is 5.38. The van der Waals surface area contributed by atoms with Crippen LogP contribution in [0.2, 0.25) is 0 Å². The van der Waals surface area contributed by atoms with Crippen LogP contribution < -0.4 is 0 Å². The average Bonchev–Trinajstić information content (AvgIpc) is 3.14. The van der Waals surface area contributed by atoms with E-state index < -0.39 is 24.2 Å². The molecule has 0 aromatic carbocycles. The van der Waals surface area contributed by atoms with Crippen molar-refractivity contribution in [1.29, 1.82) is 0 Å². The summed E-state index contributed by atoms with van der Waals surface area (Å²) in [6.45, 7) is 10.8. The minimum atomic E-state index is -2.67. The Balaban J connectivity index is 1.42. The van der Waals surface area contributed by atoms with Gasteiger partial charge < -0.3 is 20.2 Å². The third-order valence-electron chi connectivity index (χ3n) is 9.66. The third kappa shape index (κ3) is 5.07. The average molecular weight is 480 g/mol. The summed E-state index contributed by atoms with van der Waals surface area (Å²) in [5.74, 6) is 1.62. The first-order valence-corrected chi connectivity index (χ1v) is 13.2. The molecular formula is C28H43F2NO3. The molecule has 3 N–H and O–H groups in total. The maximum Gasteiger partial charge on any atom is 0.266 e. The van der Waals surface area contributed by atoms with E-state index in [1.165, 1.54) is 31.3 Å². The van der Waals surface area contributed by atoms with E-state index in [4.69, 9.17) is 0 Å². The van der Waals surface area contributed by atoms with Gasteiger partial charge in [0.15, 0.2) is 0 Å². The number of allylic oxidation sites excluding steroid dienone is 3. The fourth-order valence-corrected chi connectivity index (χ4v) is 7.55. The fourth-order valence-electron chi connectivity index (χ4n) is 7.55. The van der Waals surface area contributed by atoms with Gasteiger partial charge in [-0.15, -0.1) is 0 Å². The van der Waals surface area contributed by atoms with Crippen molar-refractivity contribution in [1.82, 2.24) is 4.90 Å². The number of alkyl halides is 2. The molecule has 4 fully saturated rings. The SMILES string of the molecule is C=C1/C(=C\C=C2/CCC[C@]3(C)[C@@H](C(C)CN4CCC(O)(C(F)F)CC4)CC[C@@H]23)C[C@@H](O)C[C@@H]1O. The van der Waals surface area contributed by atoms with Crippen molar-refractivity contribution in [2.24, 2.45) is 23.2 Å². The largest absolute Gasteiger partial charge is 0.393 e. The molecule has 3 saturated carbocycles. The Morgan fingerprint density at radius 2 is 1.85 bits per heavy atom. The highest BCUT2D eigenvalue weighted by Gasteiger charge is 2.51. The first-order valence-electron chi connectivity index (χ1n) is 13.2. The number of likely N-dealkylation sites (tertiary alicyclic amines) is 1. The van der Waals surface area contributed by atoms with Gasteiger partial charge in [-0.1, -0.05) is 38.2 Å². The molecule has 0 spiro atoms. The summed E-state index contributed by atoms with van der Waals surface area (Å²) < 4.78 is 26.3. The van der Waals surface area contributed by atoms with Gasteiger partial charge >= 0.3 is 0 Å². The first kappa shape index (κ1) is 26.0. The molecule has 34 heavy (non-hydrogen) atoms. The first-order chi connectivity index (χ1) is 16.0. The van der Waals surface area contributed by atoms with Crippen LogP contribution in [0.3, 0.4) is 0 Å². The number of rotatable bonds is 5. The summed E-state index contributed by atoms with van der Waals surface area (Å²) in [6.07, 6.45) is 7.57. The van der Waals surface area contributed by atoms with E-state index in [2.05, 4.69) is 37.5 Å². The summed E-state index contributed by atoms with van der Waals surface area (Å²) in [5.41, 5.74) is 1.61. The smallest absolute Gasteiger partial charge is 0.266 e. The van der Waals surface area contributed by atoms with Crippen molar-refractivity contribution in [3.05, 3.63) is 35.5 Å². The van der Waals surface area contributed by atoms with Gasteiger partial charge in [0, 0.05) is 26.1 Å². The van der Waals surface area contributed by atoms with Crippen LogP contribution in [0.15, 0.2) is 35.5 Å². The Morgan fingerprint density at radius 3 is 2.53 bits per heavy atom. The number of piperidine rings is 1. The second-order valence-electron chi connectivity index (χ2n) is 11.8. The van der Waals surface area contributed by atoms with Gasteiger partial charge in [0.2, 0.25) is 0 Å². The Labute approximate surface area is 203 Å². The van der Waals surface area contributed by atoms with Crippen LogP contribution in [-0.2, 0) is 0 Å². The van der Waals surface area contributed by atoms with Crippen molar-refractivity contribution in [3.63, 3.8) is 0 Å². The summed E-state index contributed by atoms with van der Waals surface area (Å²) in [7, 11) is 0. The van der Waals surface area contributed by atoms with Gasteiger partial charge in [0.25, 0.3) is 6.43 Å². The van der Waals surface area contributed by atoms with Crippen molar-refractivity contribution >= 4 is 0 Å². The van der Waals surface area contributed by atoms with E-state index in [1.54, 1.807) is 0 Å². The molecule has 0 radical (unpaired) electrons. The minimum absolute atomic E-state index is 0.151. The van der Waals surface area contributed by atoms with Gasteiger partial charge in [0.1, 0.15) is 5.60 Å². The van der Waals surface area contributed by atoms with Crippen LogP contribution >= 0.6 is 0 Å². The predicted molar refractivity (Wildman–Crippen MR) is 131 cm³/mol. The van der Waals surface area contributed by atoms with E-state index in [0.717, 1.165) is 24.1 Å². The molecule has 0 aromatic rings. The number of nitrogens with zero attached hydrogens (tertiary/aromatic N) is 1. The van der Waals surface area contributed by atoms with Crippen molar-refractivity contribution in [2.45, 2.75) is 95.9 Å². The molecule has 192 valence electrons. The van der Waals surface area contributed by atoms with Gasteiger partial charge in [-0.3, -0.25) is 0 Å². The van der Waals surface area contributed by atoms with Crippen LogP contribution in [-0.4, -0.2) is 64.1 Å². The molecule has 6 heteroatoms. The van der Waals surface area contributed by atoms with Gasteiger partial charge in [0.05, 0.1) is 12.2 Å². The number of aliphatic hydroxyl groups is 3. The predicted octanol–water partition coefficient (Wildman–Crippen LogP) is 4.86. The summed E-state index contributed by atoms with van der Waals surface area (Å²) >= 11 is 0. The fraction of sp³-hybridized carbons (Fsp3) is 0.786. The van der Waals surface area contributed by atoms with Crippen LogP contribution in [0, 0.1) is 23.2 Å². The normalized spacial score (nSPS) is 40.2. The molecular weight excluding hydrogens is 436 g/mol. The summed E-state index contributed by atoms with van der Waals surface area (Å²) in [4.78, 5) is 2.27. The van der Waals surface area contributed by atoms with E-state index in [1.807, 2.05) is 0 Å². The number of halogens is 2. The second-order valence-corrected chi connectivity index (χ2v) is 11.8. The monoisotopic (exact) mass is 479 g/mol. The number of fused-ring (bicyclic) bond motifs is 1. The topological polar surface area (TPSA) is 63.9 Å². The lowest BCUT2D eigenvalue weighted by Gasteiger charge is -2.46. The van der Waals surface area contributed by atoms with Crippen LogP contribution in [0.4, 0.5) is 8.78 Å². The van der Waals surface area contributed by atoms with Crippen molar-refractivity contribution in [2.75, 3.05) is 19.6 Å². The molecule has 4 rings (SSSR count). The number of aliphatic hydroxyl groups excluding tert-OH is 2. The quantitative estimate of drug-likeness (QED) is 0.527. The number of hydrogen-bond donors (Lipinski definition) is 3. The van der Waals surface area contributed by atoms with Gasteiger partial charge in [-0.25, -0.2) is 8.78 Å². The summed E-state index contributed by atoms with van der Waals surface area (Å²) in [5, 5.41) is 30.3. The zero-order valence-electron chi connectivity index (χ0n) is 20.9. The highest BCUT2D eigenvalue weighted by Crippen LogP contribution is 2.59. The Kier molecular flexibility index (Phi) is 7.74. The van der Waals surface area contributed by atoms with Gasteiger partial charge in [-0.2, -0.15) is 0 Å².